The van der Waals surface area contributed by atoms with Crippen molar-refractivity contribution >= 4 is 5.96 Å². The van der Waals surface area contributed by atoms with Gasteiger partial charge in [-0.05, 0) is 13.8 Å². The second kappa shape index (κ2) is 6.88. The molecule has 0 aliphatic heterocycles. The first-order chi connectivity index (χ1) is 8.22. The highest BCUT2D eigenvalue weighted by atomic mass is 15.3. The lowest BCUT2D eigenvalue weighted by Crippen LogP contribution is -2.37. The first-order valence-electron chi connectivity index (χ1n) is 6.14. The minimum absolute atomic E-state index is 0.612. The number of aryl methyl sites for hydroxylation is 1. The summed E-state index contributed by atoms with van der Waals surface area (Å²) in [4.78, 5) is 6.40. The van der Waals surface area contributed by atoms with Gasteiger partial charge >= 0.3 is 0 Å². The quantitative estimate of drug-likeness (QED) is 0.578. The van der Waals surface area contributed by atoms with Crippen LogP contribution in [0.2, 0.25) is 0 Å². The Morgan fingerprint density at radius 3 is 2.71 bits per heavy atom. The first kappa shape index (κ1) is 13.5. The highest BCUT2D eigenvalue weighted by Crippen LogP contribution is 1.96. The predicted molar refractivity (Wildman–Crippen MR) is 68.8 cm³/mol. The van der Waals surface area contributed by atoms with E-state index in [4.69, 9.17) is 5.73 Å². The molecule has 1 aromatic rings. The molecule has 1 heterocycles. The number of hydrogen-bond donors (Lipinski definition) is 1. The molecule has 0 bridgehead atoms. The molecule has 0 radical (unpaired) electrons. The molecule has 0 aliphatic carbocycles. The molecule has 0 spiro atoms. The molecule has 2 N–H and O–H groups in total. The van der Waals surface area contributed by atoms with Gasteiger partial charge in [-0.1, -0.05) is 6.92 Å². The minimum Gasteiger partial charge on any atom is -0.370 e. The van der Waals surface area contributed by atoms with Crippen molar-refractivity contribution in [3.8, 4) is 0 Å². The third kappa shape index (κ3) is 3.72. The topological polar surface area (TPSA) is 72.3 Å². The van der Waals surface area contributed by atoms with Crippen molar-refractivity contribution in [3.63, 3.8) is 0 Å². The maximum Gasteiger partial charge on any atom is 0.191 e. The van der Waals surface area contributed by atoms with Crippen LogP contribution in [-0.2, 0) is 13.0 Å². The van der Waals surface area contributed by atoms with Gasteiger partial charge in [0.15, 0.2) is 5.96 Å². The van der Waals surface area contributed by atoms with Crippen LogP contribution in [0.15, 0.2) is 11.3 Å². The first-order valence-corrected chi connectivity index (χ1v) is 6.14. The van der Waals surface area contributed by atoms with Crippen LogP contribution in [-0.4, -0.2) is 45.3 Å². The van der Waals surface area contributed by atoms with Crippen molar-refractivity contribution in [2.45, 2.75) is 33.7 Å². The second-order valence-corrected chi connectivity index (χ2v) is 3.71. The molecular formula is C11H22N6. The van der Waals surface area contributed by atoms with Gasteiger partial charge in [0.05, 0.1) is 6.54 Å². The Morgan fingerprint density at radius 2 is 2.12 bits per heavy atom. The number of aromatic nitrogens is 3. The van der Waals surface area contributed by atoms with E-state index >= 15 is 0 Å². The fourth-order valence-electron chi connectivity index (χ4n) is 1.66. The molecule has 0 saturated carbocycles. The molecule has 0 aromatic carbocycles. The zero-order valence-corrected chi connectivity index (χ0v) is 10.9. The van der Waals surface area contributed by atoms with Gasteiger partial charge in [-0.15, -0.1) is 10.2 Å². The van der Waals surface area contributed by atoms with Crippen molar-refractivity contribution in [2.75, 3.05) is 19.6 Å². The lowest BCUT2D eigenvalue weighted by Gasteiger charge is -2.19. The molecule has 0 fully saturated rings. The average molecular weight is 238 g/mol. The summed E-state index contributed by atoms with van der Waals surface area (Å²) in [6, 6.07) is 0. The molecule has 6 heteroatoms. The van der Waals surface area contributed by atoms with E-state index < -0.39 is 0 Å². The van der Waals surface area contributed by atoms with Crippen molar-refractivity contribution in [2.24, 2.45) is 10.7 Å². The molecule has 1 aromatic heterocycles. The smallest absolute Gasteiger partial charge is 0.191 e. The number of aliphatic imine (C=N–C) groups is 1. The van der Waals surface area contributed by atoms with Gasteiger partial charge in [0, 0.05) is 26.1 Å². The van der Waals surface area contributed by atoms with Crippen LogP contribution in [0.4, 0.5) is 0 Å². The Morgan fingerprint density at radius 1 is 1.41 bits per heavy atom. The number of nitrogens with zero attached hydrogens (tertiary/aromatic N) is 5. The van der Waals surface area contributed by atoms with E-state index in [0.29, 0.717) is 12.5 Å². The molecule has 0 unspecified atom stereocenters. The number of rotatable bonds is 6. The summed E-state index contributed by atoms with van der Waals surface area (Å²) >= 11 is 0. The molecular weight excluding hydrogens is 216 g/mol. The maximum absolute atomic E-state index is 5.88. The zero-order chi connectivity index (χ0) is 12.7. The summed E-state index contributed by atoms with van der Waals surface area (Å²) in [5.41, 5.74) is 5.88. The van der Waals surface area contributed by atoms with E-state index in [-0.39, 0.29) is 0 Å². The molecule has 6 nitrogen and oxygen atoms in total. The largest absolute Gasteiger partial charge is 0.370 e. The lowest BCUT2D eigenvalue weighted by molar-refractivity contribution is 0.457. The molecule has 0 amide bonds. The SMILES string of the molecule is CCc1nncn1CCN=C(N)N(CC)CC. The van der Waals surface area contributed by atoms with E-state index in [1.807, 2.05) is 9.47 Å². The molecule has 0 aliphatic rings. The Balaban J connectivity index is 2.48. The van der Waals surface area contributed by atoms with E-state index in [2.05, 4.69) is 36.0 Å². The molecule has 17 heavy (non-hydrogen) atoms. The Labute approximate surface area is 103 Å². The number of hydrogen-bond acceptors (Lipinski definition) is 3. The second-order valence-electron chi connectivity index (χ2n) is 3.71. The zero-order valence-electron chi connectivity index (χ0n) is 10.9. The standard InChI is InChI=1S/C11H22N6/c1-4-10-15-14-9-17(10)8-7-13-11(12)16(5-2)6-3/h9H,4-8H2,1-3H3,(H2,12,13). The summed E-state index contributed by atoms with van der Waals surface area (Å²) in [5.74, 6) is 1.60. The number of guanidine groups is 1. The summed E-state index contributed by atoms with van der Waals surface area (Å²) in [6.07, 6.45) is 2.62. The van der Waals surface area contributed by atoms with Crippen LogP contribution < -0.4 is 5.73 Å². The van der Waals surface area contributed by atoms with Crippen LogP contribution in [0.3, 0.4) is 0 Å². The Bertz CT molecular complexity index is 353. The average Bonchev–Trinajstić information content (AvgIpc) is 2.78. The van der Waals surface area contributed by atoms with Gasteiger partial charge in [-0.25, -0.2) is 0 Å². The van der Waals surface area contributed by atoms with Crippen molar-refractivity contribution in [3.05, 3.63) is 12.2 Å². The van der Waals surface area contributed by atoms with Gasteiger partial charge in [0.1, 0.15) is 12.2 Å². The van der Waals surface area contributed by atoms with Crippen molar-refractivity contribution in [1.82, 2.24) is 19.7 Å². The fourth-order valence-corrected chi connectivity index (χ4v) is 1.66. The number of nitrogens with two attached hydrogens (primary N) is 1. The normalized spacial score (nSPS) is 11.8. The van der Waals surface area contributed by atoms with E-state index in [1.54, 1.807) is 6.33 Å². The molecule has 0 atom stereocenters. The Hall–Kier alpha value is -1.59. The van der Waals surface area contributed by atoms with Crippen LogP contribution in [0.5, 0.6) is 0 Å². The third-order valence-electron chi connectivity index (χ3n) is 2.71. The van der Waals surface area contributed by atoms with Crippen LogP contribution in [0.1, 0.15) is 26.6 Å². The van der Waals surface area contributed by atoms with Gasteiger partial charge < -0.3 is 15.2 Å². The van der Waals surface area contributed by atoms with Gasteiger partial charge in [0.25, 0.3) is 0 Å². The monoisotopic (exact) mass is 238 g/mol. The molecule has 1 rings (SSSR count). The van der Waals surface area contributed by atoms with Crippen LogP contribution in [0.25, 0.3) is 0 Å². The summed E-state index contributed by atoms with van der Waals surface area (Å²) in [7, 11) is 0. The summed E-state index contributed by atoms with van der Waals surface area (Å²) in [6.45, 7) is 9.42. The highest BCUT2D eigenvalue weighted by molar-refractivity contribution is 5.77. The third-order valence-corrected chi connectivity index (χ3v) is 2.71. The van der Waals surface area contributed by atoms with Gasteiger partial charge in [-0.2, -0.15) is 0 Å². The van der Waals surface area contributed by atoms with E-state index in [9.17, 15) is 0 Å². The minimum atomic E-state index is 0.612. The van der Waals surface area contributed by atoms with Crippen molar-refractivity contribution in [1.29, 1.82) is 0 Å². The molecule has 96 valence electrons. The van der Waals surface area contributed by atoms with Crippen LogP contribution >= 0.6 is 0 Å². The van der Waals surface area contributed by atoms with Gasteiger partial charge in [0.2, 0.25) is 0 Å². The maximum atomic E-state index is 5.88. The highest BCUT2D eigenvalue weighted by Gasteiger charge is 2.03. The predicted octanol–water partition coefficient (Wildman–Crippen LogP) is 0.497. The summed E-state index contributed by atoms with van der Waals surface area (Å²) < 4.78 is 2.01. The van der Waals surface area contributed by atoms with E-state index in [1.165, 1.54) is 0 Å². The van der Waals surface area contributed by atoms with Crippen LogP contribution in [0, 0.1) is 0 Å². The fraction of sp³-hybridized carbons (Fsp3) is 0.727. The summed E-state index contributed by atoms with van der Waals surface area (Å²) in [5, 5.41) is 7.90. The lowest BCUT2D eigenvalue weighted by atomic mass is 10.4. The Kier molecular flexibility index (Phi) is 5.45. The van der Waals surface area contributed by atoms with Crippen molar-refractivity contribution < 1.29 is 0 Å². The van der Waals surface area contributed by atoms with E-state index in [0.717, 1.165) is 31.9 Å². The van der Waals surface area contributed by atoms with Gasteiger partial charge in [-0.3, -0.25) is 4.99 Å². The molecule has 0 saturated heterocycles.